The lowest BCUT2D eigenvalue weighted by molar-refractivity contribution is 0.0544. The van der Waals surface area contributed by atoms with Gasteiger partial charge in [-0.15, -0.1) is 0 Å². The van der Waals surface area contributed by atoms with Crippen LogP contribution in [0, 0.1) is 0 Å². The number of nitrogens with zero attached hydrogens (tertiary/aromatic N) is 1. The molecule has 1 fully saturated rings. The van der Waals surface area contributed by atoms with Crippen molar-refractivity contribution in [3.05, 3.63) is 41.4 Å². The minimum atomic E-state index is -4.34. The van der Waals surface area contributed by atoms with E-state index in [0.29, 0.717) is 13.0 Å². The van der Waals surface area contributed by atoms with E-state index in [1.54, 1.807) is 4.90 Å². The molecule has 1 aliphatic heterocycles. The van der Waals surface area contributed by atoms with Crippen LogP contribution in [0.1, 0.15) is 16.8 Å². The summed E-state index contributed by atoms with van der Waals surface area (Å²) < 4.78 is 62.3. The van der Waals surface area contributed by atoms with E-state index < -0.39 is 37.2 Å². The quantitative estimate of drug-likeness (QED) is 0.310. The Labute approximate surface area is 169 Å². The molecule has 0 aromatic heterocycles. The van der Waals surface area contributed by atoms with Gasteiger partial charge in [-0.3, -0.25) is 13.3 Å². The van der Waals surface area contributed by atoms with Crippen LogP contribution in [0.2, 0.25) is 5.02 Å². The molecule has 156 valence electrons. The van der Waals surface area contributed by atoms with Gasteiger partial charge in [-0.05, 0) is 24.6 Å². The Morgan fingerprint density at radius 2 is 2.07 bits per heavy atom. The first-order chi connectivity index (χ1) is 13.0. The largest absolute Gasteiger partial charge is 0.458 e. The molecule has 1 saturated heterocycles. The van der Waals surface area contributed by atoms with Crippen LogP contribution < -0.4 is 0 Å². The fraction of sp³-hybridized carbons (Fsp3) is 0.438. The highest BCUT2D eigenvalue weighted by molar-refractivity contribution is 7.87. The zero-order valence-electron chi connectivity index (χ0n) is 15.0. The predicted molar refractivity (Wildman–Crippen MR) is 101 cm³/mol. The molecule has 0 saturated carbocycles. The molecule has 0 N–H and O–H groups in total. The smallest absolute Gasteiger partial charge is 0.339 e. The average molecular weight is 454 g/mol. The molecule has 12 heteroatoms. The summed E-state index contributed by atoms with van der Waals surface area (Å²) in [4.78, 5) is 13.3. The molecular weight excluding hydrogens is 434 g/mol. The van der Waals surface area contributed by atoms with Crippen molar-refractivity contribution in [2.75, 3.05) is 32.7 Å². The second-order valence-corrected chi connectivity index (χ2v) is 9.64. The van der Waals surface area contributed by atoms with Gasteiger partial charge in [-0.1, -0.05) is 24.3 Å². The highest BCUT2D eigenvalue weighted by Gasteiger charge is 2.29. The SMILES string of the molecule is C=CCOC(=O)c1ccc(Cl)cc1S(=O)(=O)OCN1CCC(OS(C)(=O)=O)C1. The van der Waals surface area contributed by atoms with Gasteiger partial charge in [0.1, 0.15) is 18.2 Å². The first-order valence-corrected chi connectivity index (χ1v) is 11.7. The molecule has 0 bridgehead atoms. The number of likely N-dealkylation sites (tertiary alicyclic amines) is 1. The van der Waals surface area contributed by atoms with Crippen molar-refractivity contribution in [3.8, 4) is 0 Å². The number of hydrogen-bond donors (Lipinski definition) is 0. The molecule has 0 radical (unpaired) electrons. The van der Waals surface area contributed by atoms with Crippen LogP contribution in [0.15, 0.2) is 35.7 Å². The average Bonchev–Trinajstić information content (AvgIpc) is 3.03. The molecule has 1 unspecified atom stereocenters. The predicted octanol–water partition coefficient (Wildman–Crippen LogP) is 1.40. The standard InChI is InChI=1S/C16H20ClNO8S2/c1-3-8-24-16(19)14-5-4-12(17)9-15(14)28(22,23)25-11-18-7-6-13(10-18)26-27(2,20)21/h3-5,9,13H,1,6-8,10-11H2,2H3. The molecule has 28 heavy (non-hydrogen) atoms. The third kappa shape index (κ3) is 6.54. The second kappa shape index (κ2) is 9.33. The van der Waals surface area contributed by atoms with Crippen molar-refractivity contribution in [1.82, 2.24) is 4.90 Å². The normalized spacial score (nSPS) is 18.1. The Bertz CT molecular complexity index is 945. The fourth-order valence-corrected chi connectivity index (χ4v) is 4.53. The molecule has 9 nitrogen and oxygen atoms in total. The number of ether oxygens (including phenoxy) is 1. The number of carbonyl (C=O) groups is 1. The van der Waals surface area contributed by atoms with E-state index in [4.69, 9.17) is 24.7 Å². The monoisotopic (exact) mass is 453 g/mol. The summed E-state index contributed by atoms with van der Waals surface area (Å²) in [6.07, 6.45) is 2.13. The molecule has 1 aromatic rings. The van der Waals surface area contributed by atoms with Crippen LogP contribution in [0.25, 0.3) is 0 Å². The van der Waals surface area contributed by atoms with Gasteiger partial charge < -0.3 is 4.74 Å². The van der Waals surface area contributed by atoms with E-state index >= 15 is 0 Å². The van der Waals surface area contributed by atoms with E-state index in [1.165, 1.54) is 18.2 Å². The highest BCUT2D eigenvalue weighted by Crippen LogP contribution is 2.24. The lowest BCUT2D eigenvalue weighted by atomic mass is 10.2. The summed E-state index contributed by atoms with van der Waals surface area (Å²) in [5.74, 6) is -0.860. The minimum Gasteiger partial charge on any atom is -0.458 e. The van der Waals surface area contributed by atoms with Crippen LogP contribution in [0.5, 0.6) is 0 Å². The Hall–Kier alpha value is -1.50. The van der Waals surface area contributed by atoms with E-state index in [0.717, 1.165) is 12.3 Å². The summed E-state index contributed by atoms with van der Waals surface area (Å²) in [5.41, 5.74) is -0.217. The molecule has 0 spiro atoms. The Morgan fingerprint density at radius 1 is 1.36 bits per heavy atom. The molecule has 0 aliphatic carbocycles. The van der Waals surface area contributed by atoms with Crippen molar-refractivity contribution in [3.63, 3.8) is 0 Å². The number of hydrogen-bond acceptors (Lipinski definition) is 9. The van der Waals surface area contributed by atoms with Gasteiger partial charge >= 0.3 is 5.97 Å². The summed E-state index contributed by atoms with van der Waals surface area (Å²) in [6.45, 7) is 3.57. The molecule has 2 rings (SSSR count). The maximum absolute atomic E-state index is 12.6. The van der Waals surface area contributed by atoms with Crippen molar-refractivity contribution < 1.29 is 34.7 Å². The Morgan fingerprint density at radius 3 is 2.71 bits per heavy atom. The maximum Gasteiger partial charge on any atom is 0.339 e. The first kappa shape index (κ1) is 22.8. The second-order valence-electron chi connectivity index (χ2n) is 6.02. The maximum atomic E-state index is 12.6. The summed E-state index contributed by atoms with van der Waals surface area (Å²) in [5, 5.41) is 0.102. The van der Waals surface area contributed by atoms with Gasteiger partial charge in [0.25, 0.3) is 20.2 Å². The highest BCUT2D eigenvalue weighted by atomic mass is 35.5. The Kier molecular flexibility index (Phi) is 7.59. The van der Waals surface area contributed by atoms with Gasteiger partial charge in [-0.2, -0.15) is 16.8 Å². The zero-order valence-corrected chi connectivity index (χ0v) is 17.4. The van der Waals surface area contributed by atoms with Gasteiger partial charge in [0.05, 0.1) is 17.9 Å². The summed E-state index contributed by atoms with van der Waals surface area (Å²) >= 11 is 5.87. The number of halogens is 1. The zero-order chi connectivity index (χ0) is 20.9. The van der Waals surface area contributed by atoms with E-state index in [-0.39, 0.29) is 30.5 Å². The van der Waals surface area contributed by atoms with Gasteiger partial charge in [0.15, 0.2) is 0 Å². The van der Waals surface area contributed by atoms with Crippen LogP contribution in [0.3, 0.4) is 0 Å². The van der Waals surface area contributed by atoms with E-state index in [9.17, 15) is 21.6 Å². The lowest BCUT2D eigenvalue weighted by Crippen LogP contribution is -2.28. The van der Waals surface area contributed by atoms with Crippen molar-refractivity contribution in [1.29, 1.82) is 0 Å². The minimum absolute atomic E-state index is 0.0860. The van der Waals surface area contributed by atoms with E-state index in [1.807, 2.05) is 0 Å². The van der Waals surface area contributed by atoms with E-state index in [2.05, 4.69) is 6.58 Å². The van der Waals surface area contributed by atoms with Crippen LogP contribution in [0.4, 0.5) is 0 Å². The number of benzene rings is 1. The molecule has 1 aliphatic rings. The van der Waals surface area contributed by atoms with Gasteiger partial charge in [0.2, 0.25) is 0 Å². The van der Waals surface area contributed by atoms with Crippen LogP contribution in [-0.4, -0.2) is 66.5 Å². The number of rotatable bonds is 9. The molecule has 1 atom stereocenters. The molecular formula is C16H20ClNO8S2. The van der Waals surface area contributed by atoms with Crippen LogP contribution >= 0.6 is 11.6 Å². The summed E-state index contributed by atoms with van der Waals surface area (Å²) in [6, 6.07) is 3.69. The van der Waals surface area contributed by atoms with Crippen molar-refractivity contribution in [2.45, 2.75) is 17.4 Å². The van der Waals surface area contributed by atoms with Gasteiger partial charge in [0, 0.05) is 18.1 Å². The van der Waals surface area contributed by atoms with Gasteiger partial charge in [-0.25, -0.2) is 4.79 Å². The topological polar surface area (TPSA) is 116 Å². The van der Waals surface area contributed by atoms with Crippen molar-refractivity contribution in [2.24, 2.45) is 0 Å². The van der Waals surface area contributed by atoms with Crippen LogP contribution in [-0.2, 0) is 33.3 Å². The molecule has 0 amide bonds. The molecule has 1 aromatic carbocycles. The Balaban J connectivity index is 2.09. The van der Waals surface area contributed by atoms with Crippen molar-refractivity contribution >= 4 is 37.8 Å². The summed E-state index contributed by atoms with van der Waals surface area (Å²) in [7, 11) is -7.94. The number of carbonyl (C=O) groups excluding carboxylic acids is 1. The third-order valence-electron chi connectivity index (χ3n) is 3.70. The molecule has 1 heterocycles. The third-order valence-corrected chi connectivity index (χ3v) is 5.84. The lowest BCUT2D eigenvalue weighted by Gasteiger charge is -2.16. The fourth-order valence-electron chi connectivity index (χ4n) is 2.53. The first-order valence-electron chi connectivity index (χ1n) is 8.09. The number of esters is 1.